The lowest BCUT2D eigenvalue weighted by molar-refractivity contribution is 0.104. The zero-order valence-electron chi connectivity index (χ0n) is 11.7. The molecule has 1 N–H and O–H groups in total. The summed E-state index contributed by atoms with van der Waals surface area (Å²) in [6.45, 7) is 2.14. The van der Waals surface area contributed by atoms with Gasteiger partial charge in [0.2, 0.25) is 0 Å². The summed E-state index contributed by atoms with van der Waals surface area (Å²) in [4.78, 5) is 12.5. The number of hydrogen-bond acceptors (Lipinski definition) is 4. The SMILES string of the molecule is CCC(O)COc1ccc2sc3ccccc3c(=O)c2c1. The van der Waals surface area contributed by atoms with Crippen molar-refractivity contribution in [2.24, 2.45) is 0 Å². The molecule has 3 nitrogen and oxygen atoms in total. The Balaban J connectivity index is 2.06. The molecule has 3 rings (SSSR count). The molecule has 0 aliphatic heterocycles. The maximum atomic E-state index is 12.5. The van der Waals surface area contributed by atoms with E-state index in [-0.39, 0.29) is 12.0 Å². The van der Waals surface area contributed by atoms with Gasteiger partial charge in [-0.25, -0.2) is 0 Å². The second-order valence-electron chi connectivity index (χ2n) is 4.96. The van der Waals surface area contributed by atoms with Crippen LogP contribution in [-0.4, -0.2) is 17.8 Å². The van der Waals surface area contributed by atoms with Crippen molar-refractivity contribution < 1.29 is 9.84 Å². The Bertz CT molecular complexity index is 838. The first-order valence-corrected chi connectivity index (χ1v) is 7.77. The van der Waals surface area contributed by atoms with Gasteiger partial charge in [0.15, 0.2) is 5.43 Å². The first-order chi connectivity index (χ1) is 10.2. The summed E-state index contributed by atoms with van der Waals surface area (Å²) in [6.07, 6.45) is 0.166. The highest BCUT2D eigenvalue weighted by Crippen LogP contribution is 2.27. The quantitative estimate of drug-likeness (QED) is 0.749. The topological polar surface area (TPSA) is 46.5 Å². The lowest BCUT2D eigenvalue weighted by atomic mass is 10.2. The highest BCUT2D eigenvalue weighted by Gasteiger charge is 2.08. The second-order valence-corrected chi connectivity index (χ2v) is 6.04. The van der Waals surface area contributed by atoms with Crippen LogP contribution in [0.5, 0.6) is 5.75 Å². The molecule has 108 valence electrons. The Labute approximate surface area is 126 Å². The van der Waals surface area contributed by atoms with E-state index < -0.39 is 6.10 Å². The molecule has 4 heteroatoms. The number of fused-ring (bicyclic) bond motifs is 2. The predicted molar refractivity (Wildman–Crippen MR) is 87.4 cm³/mol. The Morgan fingerprint density at radius 1 is 1.14 bits per heavy atom. The molecule has 1 heterocycles. The summed E-state index contributed by atoms with van der Waals surface area (Å²) in [5.41, 5.74) is 0.0286. The summed E-state index contributed by atoms with van der Waals surface area (Å²) in [5.74, 6) is 0.620. The number of hydrogen-bond donors (Lipinski definition) is 1. The molecule has 1 unspecified atom stereocenters. The summed E-state index contributed by atoms with van der Waals surface area (Å²) >= 11 is 1.60. The van der Waals surface area contributed by atoms with Gasteiger partial charge in [0, 0.05) is 20.2 Å². The van der Waals surface area contributed by atoms with Crippen molar-refractivity contribution in [3.63, 3.8) is 0 Å². The fraction of sp³-hybridized carbons (Fsp3) is 0.235. The van der Waals surface area contributed by atoms with Crippen molar-refractivity contribution in [1.82, 2.24) is 0 Å². The molecule has 2 aromatic carbocycles. The Morgan fingerprint density at radius 2 is 1.90 bits per heavy atom. The number of aliphatic hydroxyl groups is 1. The second kappa shape index (κ2) is 5.84. The minimum Gasteiger partial charge on any atom is -0.491 e. The van der Waals surface area contributed by atoms with Crippen LogP contribution in [0, 0.1) is 0 Å². The van der Waals surface area contributed by atoms with E-state index in [1.54, 1.807) is 17.4 Å². The molecule has 0 saturated carbocycles. The molecular weight excluding hydrogens is 284 g/mol. The van der Waals surface area contributed by atoms with Crippen molar-refractivity contribution in [2.75, 3.05) is 6.61 Å². The highest BCUT2D eigenvalue weighted by atomic mass is 32.1. The van der Waals surface area contributed by atoms with Gasteiger partial charge in [-0.3, -0.25) is 4.79 Å². The minimum atomic E-state index is -0.480. The molecule has 1 aromatic heterocycles. The van der Waals surface area contributed by atoms with Gasteiger partial charge in [0.05, 0.1) is 6.10 Å². The Morgan fingerprint density at radius 3 is 2.71 bits per heavy atom. The largest absolute Gasteiger partial charge is 0.491 e. The predicted octanol–water partition coefficient (Wildman–Crippen LogP) is 3.56. The van der Waals surface area contributed by atoms with E-state index >= 15 is 0 Å². The van der Waals surface area contributed by atoms with Crippen LogP contribution < -0.4 is 10.2 Å². The number of ether oxygens (including phenoxy) is 1. The molecule has 0 bridgehead atoms. The first kappa shape index (κ1) is 14.0. The third-order valence-corrected chi connectivity index (χ3v) is 4.61. The smallest absolute Gasteiger partial charge is 0.196 e. The normalized spacial score (nSPS) is 12.7. The van der Waals surface area contributed by atoms with Gasteiger partial charge in [0.25, 0.3) is 0 Å². The van der Waals surface area contributed by atoms with Crippen molar-refractivity contribution in [1.29, 1.82) is 0 Å². The van der Waals surface area contributed by atoms with E-state index in [2.05, 4.69) is 0 Å². The van der Waals surface area contributed by atoms with E-state index in [4.69, 9.17) is 4.74 Å². The first-order valence-electron chi connectivity index (χ1n) is 6.95. The summed E-state index contributed by atoms with van der Waals surface area (Å²) in [5, 5.41) is 10.9. The lowest BCUT2D eigenvalue weighted by Gasteiger charge is -2.10. The molecule has 0 aliphatic rings. The van der Waals surface area contributed by atoms with Gasteiger partial charge in [-0.15, -0.1) is 11.3 Å². The molecule has 3 aromatic rings. The van der Waals surface area contributed by atoms with E-state index in [0.717, 1.165) is 14.8 Å². The lowest BCUT2D eigenvalue weighted by Crippen LogP contribution is -2.16. The molecule has 0 saturated heterocycles. The van der Waals surface area contributed by atoms with Gasteiger partial charge in [-0.2, -0.15) is 0 Å². The number of aliphatic hydroxyl groups excluding tert-OH is 1. The monoisotopic (exact) mass is 300 g/mol. The molecule has 0 amide bonds. The van der Waals surface area contributed by atoms with Crippen molar-refractivity contribution in [2.45, 2.75) is 19.4 Å². The average molecular weight is 300 g/mol. The van der Waals surface area contributed by atoms with Crippen LogP contribution in [0.1, 0.15) is 13.3 Å². The van der Waals surface area contributed by atoms with Gasteiger partial charge < -0.3 is 9.84 Å². The third-order valence-electron chi connectivity index (χ3n) is 3.46. The number of rotatable bonds is 4. The van der Waals surface area contributed by atoms with Gasteiger partial charge in [-0.1, -0.05) is 19.1 Å². The van der Waals surface area contributed by atoms with Gasteiger partial charge in [0.1, 0.15) is 12.4 Å². The van der Waals surface area contributed by atoms with Crippen LogP contribution in [0.2, 0.25) is 0 Å². The fourth-order valence-corrected chi connectivity index (χ4v) is 3.23. The van der Waals surface area contributed by atoms with Gasteiger partial charge >= 0.3 is 0 Å². The van der Waals surface area contributed by atoms with E-state index in [1.165, 1.54) is 0 Å². The van der Waals surface area contributed by atoms with Crippen molar-refractivity contribution >= 4 is 31.5 Å². The number of benzene rings is 2. The summed E-state index contributed by atoms with van der Waals surface area (Å²) in [7, 11) is 0. The van der Waals surface area contributed by atoms with E-state index in [1.807, 2.05) is 43.3 Å². The highest BCUT2D eigenvalue weighted by molar-refractivity contribution is 7.24. The van der Waals surface area contributed by atoms with Crippen LogP contribution in [0.15, 0.2) is 47.3 Å². The molecule has 0 spiro atoms. The maximum Gasteiger partial charge on any atom is 0.196 e. The van der Waals surface area contributed by atoms with E-state index in [9.17, 15) is 9.90 Å². The molecule has 0 radical (unpaired) electrons. The summed E-state index contributed by atoms with van der Waals surface area (Å²) < 4.78 is 7.49. The average Bonchev–Trinajstić information content (AvgIpc) is 2.53. The summed E-state index contributed by atoms with van der Waals surface area (Å²) in [6, 6.07) is 13.1. The van der Waals surface area contributed by atoms with Crippen LogP contribution in [-0.2, 0) is 0 Å². The van der Waals surface area contributed by atoms with Crippen LogP contribution in [0.25, 0.3) is 20.2 Å². The Kier molecular flexibility index (Phi) is 3.90. The third kappa shape index (κ3) is 2.77. The van der Waals surface area contributed by atoms with Crippen LogP contribution in [0.3, 0.4) is 0 Å². The molecular formula is C17H16O3S. The zero-order valence-corrected chi connectivity index (χ0v) is 12.5. The van der Waals surface area contributed by atoms with Crippen LogP contribution >= 0.6 is 11.3 Å². The standard InChI is InChI=1S/C17H16O3S/c1-2-11(18)10-20-12-7-8-16-14(9-12)17(19)13-5-3-4-6-15(13)21-16/h3-9,11,18H,2,10H2,1H3. The molecule has 21 heavy (non-hydrogen) atoms. The van der Waals surface area contributed by atoms with Crippen molar-refractivity contribution in [3.05, 3.63) is 52.7 Å². The van der Waals surface area contributed by atoms with E-state index in [0.29, 0.717) is 17.6 Å². The minimum absolute atomic E-state index is 0.0286. The Hall–Kier alpha value is -1.91. The molecule has 0 aliphatic carbocycles. The van der Waals surface area contributed by atoms with Crippen LogP contribution in [0.4, 0.5) is 0 Å². The molecule has 1 atom stereocenters. The van der Waals surface area contributed by atoms with Crippen molar-refractivity contribution in [3.8, 4) is 5.75 Å². The van der Waals surface area contributed by atoms with Gasteiger partial charge in [-0.05, 0) is 36.8 Å². The molecule has 0 fully saturated rings. The zero-order chi connectivity index (χ0) is 14.8. The maximum absolute atomic E-state index is 12.5. The fourth-order valence-electron chi connectivity index (χ4n) is 2.18.